The maximum absolute atomic E-state index is 12.4. The molecule has 3 aromatic rings. The zero-order chi connectivity index (χ0) is 21.4. The van der Waals surface area contributed by atoms with Crippen LogP contribution in [0.5, 0.6) is 0 Å². The minimum Gasteiger partial charge on any atom is -0.382 e. The number of imidazole rings is 1. The van der Waals surface area contributed by atoms with Gasteiger partial charge in [-0.1, -0.05) is 30.3 Å². The molecule has 1 aromatic heterocycles. The fourth-order valence-corrected chi connectivity index (χ4v) is 4.09. The number of fused-ring (bicyclic) bond motifs is 1. The number of carbonyl (C=O) groups is 1. The fourth-order valence-electron chi connectivity index (χ4n) is 3.04. The van der Waals surface area contributed by atoms with Crippen molar-refractivity contribution in [3.8, 4) is 0 Å². The second-order valence-corrected chi connectivity index (χ2v) is 8.40. The summed E-state index contributed by atoms with van der Waals surface area (Å²) >= 11 is 0. The van der Waals surface area contributed by atoms with E-state index in [-0.39, 0.29) is 23.8 Å². The van der Waals surface area contributed by atoms with Crippen LogP contribution in [0.3, 0.4) is 0 Å². The number of hydrogen-bond donors (Lipinski definition) is 2. The van der Waals surface area contributed by atoms with Crippen molar-refractivity contribution in [3.63, 3.8) is 0 Å². The molecule has 30 heavy (non-hydrogen) atoms. The van der Waals surface area contributed by atoms with Crippen LogP contribution in [-0.2, 0) is 26.1 Å². The smallest absolute Gasteiger partial charge is 0.240 e. The highest BCUT2D eigenvalue weighted by Crippen LogP contribution is 2.20. The predicted octanol–water partition coefficient (Wildman–Crippen LogP) is 2.77. The SMILES string of the molecule is CCOCCCn1c(NC(=O)CCNS(=O)(=O)c2ccccc2)nc2ccccc21. The number of rotatable bonds is 11. The van der Waals surface area contributed by atoms with Crippen LogP contribution < -0.4 is 10.0 Å². The van der Waals surface area contributed by atoms with Gasteiger partial charge in [0.05, 0.1) is 15.9 Å². The fraction of sp³-hybridized carbons (Fsp3) is 0.333. The predicted molar refractivity (Wildman–Crippen MR) is 116 cm³/mol. The summed E-state index contributed by atoms with van der Waals surface area (Å²) in [6.07, 6.45) is 0.780. The number of aryl methyl sites for hydroxylation is 1. The number of ether oxygens (including phenoxy) is 1. The van der Waals surface area contributed by atoms with Gasteiger partial charge in [0.25, 0.3) is 0 Å². The van der Waals surface area contributed by atoms with Crippen LogP contribution in [0.1, 0.15) is 19.8 Å². The number of carbonyl (C=O) groups excluding carboxylic acids is 1. The molecule has 0 unspecified atom stereocenters. The lowest BCUT2D eigenvalue weighted by atomic mass is 10.3. The highest BCUT2D eigenvalue weighted by molar-refractivity contribution is 7.89. The monoisotopic (exact) mass is 430 g/mol. The molecule has 2 aromatic carbocycles. The van der Waals surface area contributed by atoms with E-state index in [1.807, 2.05) is 35.8 Å². The van der Waals surface area contributed by atoms with Crippen LogP contribution in [-0.4, -0.2) is 43.6 Å². The number of sulfonamides is 1. The van der Waals surface area contributed by atoms with Crippen LogP contribution in [0, 0.1) is 0 Å². The van der Waals surface area contributed by atoms with E-state index in [2.05, 4.69) is 15.0 Å². The van der Waals surface area contributed by atoms with Crippen LogP contribution >= 0.6 is 0 Å². The summed E-state index contributed by atoms with van der Waals surface area (Å²) in [5, 5.41) is 2.80. The molecular formula is C21H26N4O4S. The Hall–Kier alpha value is -2.75. The van der Waals surface area contributed by atoms with Gasteiger partial charge in [-0.2, -0.15) is 0 Å². The van der Waals surface area contributed by atoms with E-state index < -0.39 is 10.0 Å². The second-order valence-electron chi connectivity index (χ2n) is 6.64. The largest absolute Gasteiger partial charge is 0.382 e. The third kappa shape index (κ3) is 5.65. The number of hydrogen-bond acceptors (Lipinski definition) is 5. The summed E-state index contributed by atoms with van der Waals surface area (Å²) in [4.78, 5) is 17.1. The van der Waals surface area contributed by atoms with Gasteiger partial charge in [0.2, 0.25) is 21.9 Å². The molecular weight excluding hydrogens is 404 g/mol. The normalized spacial score (nSPS) is 11.6. The van der Waals surface area contributed by atoms with Gasteiger partial charge >= 0.3 is 0 Å². The van der Waals surface area contributed by atoms with Crippen molar-refractivity contribution in [3.05, 3.63) is 54.6 Å². The summed E-state index contributed by atoms with van der Waals surface area (Å²) in [6, 6.07) is 15.7. The van der Waals surface area contributed by atoms with E-state index in [1.54, 1.807) is 18.2 Å². The molecule has 0 bridgehead atoms. The number of anilines is 1. The molecule has 0 fully saturated rings. The highest BCUT2D eigenvalue weighted by atomic mass is 32.2. The van der Waals surface area contributed by atoms with Gasteiger partial charge in [0.1, 0.15) is 0 Å². The average molecular weight is 431 g/mol. The van der Waals surface area contributed by atoms with Gasteiger partial charge in [-0.3, -0.25) is 10.1 Å². The lowest BCUT2D eigenvalue weighted by Gasteiger charge is -2.11. The van der Waals surface area contributed by atoms with Crippen LogP contribution in [0.15, 0.2) is 59.5 Å². The number of nitrogens with zero attached hydrogens (tertiary/aromatic N) is 2. The molecule has 0 saturated carbocycles. The molecule has 0 aliphatic carbocycles. The number of benzene rings is 2. The van der Waals surface area contributed by atoms with E-state index in [1.165, 1.54) is 12.1 Å². The summed E-state index contributed by atoms with van der Waals surface area (Å²) < 4.78 is 34.3. The molecule has 0 saturated heterocycles. The van der Waals surface area contributed by atoms with Crippen molar-refractivity contribution in [1.82, 2.24) is 14.3 Å². The van der Waals surface area contributed by atoms with Crippen molar-refractivity contribution in [2.75, 3.05) is 25.1 Å². The van der Waals surface area contributed by atoms with Crippen LogP contribution in [0.4, 0.5) is 5.95 Å². The maximum atomic E-state index is 12.4. The molecule has 160 valence electrons. The molecule has 8 nitrogen and oxygen atoms in total. The van der Waals surface area contributed by atoms with Crippen LogP contribution in [0.25, 0.3) is 11.0 Å². The number of para-hydroxylation sites is 2. The summed E-state index contributed by atoms with van der Waals surface area (Å²) in [6.45, 7) is 3.87. The first-order chi connectivity index (χ1) is 14.5. The van der Waals surface area contributed by atoms with Gasteiger partial charge in [-0.05, 0) is 37.6 Å². The first-order valence-electron chi connectivity index (χ1n) is 9.89. The van der Waals surface area contributed by atoms with Gasteiger partial charge in [0, 0.05) is 32.7 Å². The summed E-state index contributed by atoms with van der Waals surface area (Å²) in [7, 11) is -3.64. The lowest BCUT2D eigenvalue weighted by Crippen LogP contribution is -2.28. The molecule has 3 rings (SSSR count). The Morgan fingerprint density at radius 2 is 1.83 bits per heavy atom. The first-order valence-corrected chi connectivity index (χ1v) is 11.4. The third-order valence-corrected chi connectivity index (χ3v) is 5.95. The highest BCUT2D eigenvalue weighted by Gasteiger charge is 2.16. The van der Waals surface area contributed by atoms with Crippen LogP contribution in [0.2, 0.25) is 0 Å². The third-order valence-electron chi connectivity index (χ3n) is 4.48. The van der Waals surface area contributed by atoms with Gasteiger partial charge < -0.3 is 9.30 Å². The van der Waals surface area contributed by atoms with Gasteiger partial charge in [-0.15, -0.1) is 0 Å². The van der Waals surface area contributed by atoms with E-state index >= 15 is 0 Å². The lowest BCUT2D eigenvalue weighted by molar-refractivity contribution is -0.116. The summed E-state index contributed by atoms with van der Waals surface area (Å²) in [5.41, 5.74) is 1.71. The second kappa shape index (κ2) is 10.3. The number of amides is 1. The average Bonchev–Trinajstić information content (AvgIpc) is 3.08. The molecule has 1 amide bonds. The Kier molecular flexibility index (Phi) is 7.56. The van der Waals surface area contributed by atoms with Gasteiger partial charge in [0.15, 0.2) is 0 Å². The quantitative estimate of drug-likeness (QED) is 0.456. The summed E-state index contributed by atoms with van der Waals surface area (Å²) in [5.74, 6) is 0.135. The van der Waals surface area contributed by atoms with Crippen molar-refractivity contribution in [2.24, 2.45) is 0 Å². The minimum absolute atomic E-state index is 0.00574. The molecule has 0 atom stereocenters. The molecule has 0 aliphatic rings. The first kappa shape index (κ1) is 21.9. The topological polar surface area (TPSA) is 102 Å². The Morgan fingerprint density at radius 3 is 2.60 bits per heavy atom. The molecule has 0 radical (unpaired) electrons. The van der Waals surface area contributed by atoms with E-state index in [0.29, 0.717) is 25.7 Å². The number of nitrogens with one attached hydrogen (secondary N) is 2. The molecule has 2 N–H and O–H groups in total. The molecule has 0 spiro atoms. The van der Waals surface area contributed by atoms with Gasteiger partial charge in [-0.25, -0.2) is 18.1 Å². The molecule has 9 heteroatoms. The number of aromatic nitrogens is 2. The molecule has 0 aliphatic heterocycles. The zero-order valence-electron chi connectivity index (χ0n) is 16.9. The Balaban J connectivity index is 1.62. The molecule has 1 heterocycles. The van der Waals surface area contributed by atoms with Crippen molar-refractivity contribution in [1.29, 1.82) is 0 Å². The minimum atomic E-state index is -3.64. The maximum Gasteiger partial charge on any atom is 0.240 e. The van der Waals surface area contributed by atoms with E-state index in [0.717, 1.165) is 17.5 Å². The Labute approximate surface area is 176 Å². The van der Waals surface area contributed by atoms with E-state index in [4.69, 9.17) is 4.74 Å². The zero-order valence-corrected chi connectivity index (χ0v) is 17.7. The Morgan fingerprint density at radius 1 is 1.10 bits per heavy atom. The standard InChI is InChI=1S/C21H26N4O4S/c1-2-29-16-8-15-25-19-12-7-6-11-18(19)23-21(25)24-20(26)13-14-22-30(27,28)17-9-4-3-5-10-17/h3-7,9-12,22H,2,8,13-16H2,1H3,(H,23,24,26). The Bertz CT molecular complexity index is 1080. The van der Waals surface area contributed by atoms with Crippen molar-refractivity contribution >= 4 is 32.9 Å². The van der Waals surface area contributed by atoms with E-state index in [9.17, 15) is 13.2 Å². The van der Waals surface area contributed by atoms with Crippen molar-refractivity contribution in [2.45, 2.75) is 31.2 Å². The van der Waals surface area contributed by atoms with Crippen molar-refractivity contribution < 1.29 is 17.9 Å².